The minimum Gasteiger partial charge on any atom is -0.310 e. The van der Waals surface area contributed by atoms with E-state index in [0.29, 0.717) is 23.0 Å². The molecule has 2 atom stereocenters. The largest absolute Gasteiger partial charge is 0.310 e. The van der Waals surface area contributed by atoms with Crippen LogP contribution in [0.3, 0.4) is 0 Å². The number of benzene rings is 1. The fourth-order valence-corrected chi connectivity index (χ4v) is 2.61. The molecule has 2 unspecified atom stereocenters. The van der Waals surface area contributed by atoms with E-state index in [1.54, 1.807) is 13.0 Å². The third-order valence-corrected chi connectivity index (χ3v) is 3.93. The Morgan fingerprint density at radius 2 is 1.94 bits per heavy atom. The zero-order valence-electron chi connectivity index (χ0n) is 11.3. The Morgan fingerprint density at radius 1 is 1.28 bits per heavy atom. The lowest BCUT2D eigenvalue weighted by molar-refractivity contribution is 0.344. The first-order valence-electron chi connectivity index (χ1n) is 6.73. The number of hydrogen-bond donors (Lipinski definition) is 1. The molecule has 1 N–H and O–H groups in total. The highest BCUT2D eigenvalue weighted by atomic mass is 19.1. The molecule has 0 aliphatic heterocycles. The van der Waals surface area contributed by atoms with Crippen LogP contribution in [0.4, 0.5) is 8.78 Å². The van der Waals surface area contributed by atoms with Crippen LogP contribution in [0.5, 0.6) is 0 Å². The first kappa shape index (κ1) is 13.5. The van der Waals surface area contributed by atoms with Crippen molar-refractivity contribution < 1.29 is 8.78 Å². The molecule has 1 aromatic rings. The zero-order chi connectivity index (χ0) is 13.3. The van der Waals surface area contributed by atoms with Crippen molar-refractivity contribution in [2.75, 3.05) is 6.54 Å². The number of hydrogen-bond acceptors (Lipinski definition) is 1. The zero-order valence-corrected chi connectivity index (χ0v) is 11.3. The maximum Gasteiger partial charge on any atom is 0.130 e. The Balaban J connectivity index is 2.32. The van der Waals surface area contributed by atoms with Gasteiger partial charge in [-0.25, -0.2) is 8.78 Å². The molecule has 1 saturated carbocycles. The van der Waals surface area contributed by atoms with Crippen molar-refractivity contribution in [2.45, 2.75) is 39.7 Å². The number of aryl methyl sites for hydroxylation is 1. The van der Waals surface area contributed by atoms with Gasteiger partial charge in [0.1, 0.15) is 11.6 Å². The fourth-order valence-electron chi connectivity index (χ4n) is 2.61. The molecule has 0 saturated heterocycles. The summed E-state index contributed by atoms with van der Waals surface area (Å²) in [4.78, 5) is 0. The number of nitrogens with one attached hydrogen (secondary N) is 1. The van der Waals surface area contributed by atoms with Gasteiger partial charge in [0.25, 0.3) is 0 Å². The molecule has 18 heavy (non-hydrogen) atoms. The van der Waals surface area contributed by atoms with Crippen molar-refractivity contribution in [3.05, 3.63) is 34.9 Å². The molecule has 1 aromatic carbocycles. The minimum atomic E-state index is -0.467. The first-order chi connectivity index (χ1) is 8.54. The van der Waals surface area contributed by atoms with Crippen LogP contribution in [0.1, 0.15) is 43.9 Å². The summed E-state index contributed by atoms with van der Waals surface area (Å²) < 4.78 is 27.3. The molecule has 0 heterocycles. The van der Waals surface area contributed by atoms with Crippen LogP contribution in [0, 0.1) is 30.4 Å². The molecule has 1 aliphatic rings. The average Bonchev–Trinajstić information content (AvgIpc) is 3.14. The van der Waals surface area contributed by atoms with E-state index in [1.807, 2.05) is 6.92 Å². The Bertz CT molecular complexity index is 427. The molecule has 0 aromatic heterocycles. The van der Waals surface area contributed by atoms with E-state index in [-0.39, 0.29) is 6.04 Å². The summed E-state index contributed by atoms with van der Waals surface area (Å²) in [6, 6.07) is 2.65. The highest BCUT2D eigenvalue weighted by molar-refractivity contribution is 5.29. The Labute approximate surface area is 108 Å². The average molecular weight is 253 g/mol. The van der Waals surface area contributed by atoms with Crippen molar-refractivity contribution in [3.8, 4) is 0 Å². The minimum absolute atomic E-state index is 0.0122. The van der Waals surface area contributed by atoms with Crippen molar-refractivity contribution in [3.63, 3.8) is 0 Å². The van der Waals surface area contributed by atoms with Crippen LogP contribution in [-0.2, 0) is 0 Å². The fraction of sp³-hybridized carbons (Fsp3) is 0.600. The highest BCUT2D eigenvalue weighted by Crippen LogP contribution is 2.43. The second-order valence-electron chi connectivity index (χ2n) is 5.35. The topological polar surface area (TPSA) is 12.0 Å². The van der Waals surface area contributed by atoms with Gasteiger partial charge in [-0.15, -0.1) is 0 Å². The van der Waals surface area contributed by atoms with E-state index in [0.717, 1.165) is 12.6 Å². The predicted molar refractivity (Wildman–Crippen MR) is 69.4 cm³/mol. The van der Waals surface area contributed by atoms with Crippen LogP contribution in [0.25, 0.3) is 0 Å². The van der Waals surface area contributed by atoms with E-state index in [1.165, 1.54) is 12.8 Å². The molecule has 2 rings (SSSR count). The Kier molecular flexibility index (Phi) is 4.00. The lowest BCUT2D eigenvalue weighted by Crippen LogP contribution is -2.29. The first-order valence-corrected chi connectivity index (χ1v) is 6.73. The van der Waals surface area contributed by atoms with Crippen LogP contribution in [0.2, 0.25) is 0 Å². The second-order valence-corrected chi connectivity index (χ2v) is 5.35. The highest BCUT2D eigenvalue weighted by Gasteiger charge is 2.34. The quantitative estimate of drug-likeness (QED) is 0.837. The maximum absolute atomic E-state index is 14.0. The van der Waals surface area contributed by atoms with Gasteiger partial charge in [-0.05, 0) is 49.8 Å². The molecule has 1 nitrogen and oxygen atoms in total. The normalized spacial score (nSPS) is 18.7. The Morgan fingerprint density at radius 3 is 2.50 bits per heavy atom. The SMILES string of the molecule is CCNC(c1cc(C)c(F)cc1F)C(C)C1CC1. The maximum atomic E-state index is 14.0. The summed E-state index contributed by atoms with van der Waals surface area (Å²) in [6.45, 7) is 6.64. The van der Waals surface area contributed by atoms with Crippen LogP contribution in [-0.4, -0.2) is 6.54 Å². The standard InChI is InChI=1S/C15H21F2N/c1-4-18-15(10(3)11-5-6-11)12-7-9(2)13(16)8-14(12)17/h7-8,10-11,15,18H,4-6H2,1-3H3. The molecule has 1 fully saturated rings. The lowest BCUT2D eigenvalue weighted by Gasteiger charge is -2.26. The molecular formula is C15H21F2N. The van der Waals surface area contributed by atoms with Crippen LogP contribution in [0.15, 0.2) is 12.1 Å². The van der Waals surface area contributed by atoms with Crippen molar-refractivity contribution in [1.82, 2.24) is 5.32 Å². The molecule has 0 radical (unpaired) electrons. The summed E-state index contributed by atoms with van der Waals surface area (Å²) in [5.74, 6) is 0.172. The van der Waals surface area contributed by atoms with Crippen molar-refractivity contribution in [2.24, 2.45) is 11.8 Å². The summed E-state index contributed by atoms with van der Waals surface area (Å²) in [5, 5.41) is 3.35. The van der Waals surface area contributed by atoms with Crippen molar-refractivity contribution in [1.29, 1.82) is 0 Å². The smallest absolute Gasteiger partial charge is 0.130 e. The van der Waals surface area contributed by atoms with Gasteiger partial charge < -0.3 is 5.32 Å². The monoisotopic (exact) mass is 253 g/mol. The van der Waals surface area contributed by atoms with Gasteiger partial charge in [-0.3, -0.25) is 0 Å². The molecule has 0 spiro atoms. The van der Waals surface area contributed by atoms with Gasteiger partial charge >= 0.3 is 0 Å². The van der Waals surface area contributed by atoms with Gasteiger partial charge in [0.2, 0.25) is 0 Å². The molecule has 0 amide bonds. The Hall–Kier alpha value is -0.960. The van der Waals surface area contributed by atoms with Crippen molar-refractivity contribution >= 4 is 0 Å². The summed E-state index contributed by atoms with van der Waals surface area (Å²) in [5.41, 5.74) is 1.12. The summed E-state index contributed by atoms with van der Waals surface area (Å²) >= 11 is 0. The van der Waals surface area contributed by atoms with E-state index in [2.05, 4.69) is 12.2 Å². The lowest BCUT2D eigenvalue weighted by atomic mass is 9.89. The number of rotatable bonds is 5. The molecule has 0 bridgehead atoms. The van der Waals surface area contributed by atoms with E-state index in [4.69, 9.17) is 0 Å². The third-order valence-electron chi connectivity index (χ3n) is 3.93. The molecule has 1 aliphatic carbocycles. The summed E-state index contributed by atoms with van der Waals surface area (Å²) in [7, 11) is 0. The van der Waals surface area contributed by atoms with Crippen LogP contribution < -0.4 is 5.32 Å². The molecular weight excluding hydrogens is 232 g/mol. The van der Waals surface area contributed by atoms with E-state index < -0.39 is 11.6 Å². The van der Waals surface area contributed by atoms with E-state index in [9.17, 15) is 8.78 Å². The molecule has 3 heteroatoms. The van der Waals surface area contributed by atoms with Gasteiger partial charge in [0, 0.05) is 17.7 Å². The predicted octanol–water partition coefficient (Wildman–Crippen LogP) is 3.97. The molecule has 100 valence electrons. The van der Waals surface area contributed by atoms with Gasteiger partial charge in [-0.2, -0.15) is 0 Å². The summed E-state index contributed by atoms with van der Waals surface area (Å²) in [6.07, 6.45) is 2.45. The number of halogens is 2. The van der Waals surface area contributed by atoms with Gasteiger partial charge in [0.15, 0.2) is 0 Å². The van der Waals surface area contributed by atoms with Gasteiger partial charge in [-0.1, -0.05) is 13.8 Å². The third kappa shape index (κ3) is 2.72. The second kappa shape index (κ2) is 5.35. The van der Waals surface area contributed by atoms with Gasteiger partial charge in [0.05, 0.1) is 0 Å². The van der Waals surface area contributed by atoms with Crippen LogP contribution >= 0.6 is 0 Å². The van der Waals surface area contributed by atoms with E-state index >= 15 is 0 Å².